The van der Waals surface area contributed by atoms with Crippen molar-refractivity contribution in [1.29, 1.82) is 0 Å². The SMILES string of the molecule is C/C(=N/NS(=O)(=O)c1cccc([N+](=O)[O-])c1)c1ccc(C2CCCCC2)cc1. The largest absolute Gasteiger partial charge is 0.276 e. The van der Waals surface area contributed by atoms with Gasteiger partial charge in [-0.1, -0.05) is 49.6 Å². The Morgan fingerprint density at radius 3 is 2.43 bits per heavy atom. The first kappa shape index (κ1) is 20.0. The number of sulfonamides is 1. The molecule has 28 heavy (non-hydrogen) atoms. The van der Waals surface area contributed by atoms with Crippen molar-refractivity contribution in [2.75, 3.05) is 0 Å². The summed E-state index contributed by atoms with van der Waals surface area (Å²) in [4.78, 5) is 12.2. The van der Waals surface area contributed by atoms with Gasteiger partial charge in [0.25, 0.3) is 15.7 Å². The topological polar surface area (TPSA) is 102 Å². The molecule has 1 fully saturated rings. The van der Waals surface area contributed by atoms with Crippen molar-refractivity contribution in [1.82, 2.24) is 4.83 Å². The molecule has 0 aliphatic heterocycles. The lowest BCUT2D eigenvalue weighted by Gasteiger charge is -2.22. The molecule has 1 aliphatic rings. The maximum atomic E-state index is 12.4. The second-order valence-electron chi connectivity index (χ2n) is 7.00. The lowest BCUT2D eigenvalue weighted by Crippen LogP contribution is -2.20. The summed E-state index contributed by atoms with van der Waals surface area (Å²) in [5.41, 5.74) is 2.36. The van der Waals surface area contributed by atoms with Gasteiger partial charge in [-0.2, -0.15) is 18.4 Å². The fraction of sp³-hybridized carbons (Fsp3) is 0.350. The molecule has 1 aliphatic carbocycles. The fourth-order valence-electron chi connectivity index (χ4n) is 3.44. The highest BCUT2D eigenvalue weighted by atomic mass is 32.2. The summed E-state index contributed by atoms with van der Waals surface area (Å²) in [6.45, 7) is 1.71. The first-order valence-corrected chi connectivity index (χ1v) is 10.8. The monoisotopic (exact) mass is 401 g/mol. The standard InChI is InChI=1S/C20H23N3O4S/c1-15(16-10-12-18(13-11-16)17-6-3-2-4-7-17)21-22-28(26,27)20-9-5-8-19(14-20)23(24)25/h5,8-14,17,22H,2-4,6-7H2,1H3/b21-15-. The minimum absolute atomic E-state index is 0.203. The molecule has 3 rings (SSSR count). The minimum Gasteiger partial charge on any atom is -0.258 e. The lowest BCUT2D eigenvalue weighted by molar-refractivity contribution is -0.385. The van der Waals surface area contributed by atoms with Gasteiger partial charge in [-0.05, 0) is 42.9 Å². The van der Waals surface area contributed by atoms with E-state index < -0.39 is 14.9 Å². The second kappa shape index (κ2) is 8.52. The van der Waals surface area contributed by atoms with Crippen molar-refractivity contribution in [3.05, 3.63) is 69.8 Å². The molecule has 0 unspecified atom stereocenters. The molecule has 0 bridgehead atoms. The number of nitrogens with zero attached hydrogens (tertiary/aromatic N) is 2. The van der Waals surface area contributed by atoms with E-state index in [9.17, 15) is 18.5 Å². The summed E-state index contributed by atoms with van der Waals surface area (Å²) in [6.07, 6.45) is 6.29. The molecule has 2 aromatic rings. The van der Waals surface area contributed by atoms with Crippen LogP contribution in [0.1, 0.15) is 56.1 Å². The highest BCUT2D eigenvalue weighted by Crippen LogP contribution is 2.32. The third kappa shape index (κ3) is 4.75. The summed E-state index contributed by atoms with van der Waals surface area (Å²) >= 11 is 0. The summed E-state index contributed by atoms with van der Waals surface area (Å²) in [5, 5.41) is 14.8. The van der Waals surface area contributed by atoms with E-state index in [2.05, 4.69) is 22.1 Å². The van der Waals surface area contributed by atoms with Crippen molar-refractivity contribution in [2.24, 2.45) is 5.10 Å². The van der Waals surface area contributed by atoms with Crippen LogP contribution >= 0.6 is 0 Å². The predicted molar refractivity (Wildman–Crippen MR) is 108 cm³/mol. The molecule has 0 saturated heterocycles. The van der Waals surface area contributed by atoms with Crippen LogP contribution in [0.4, 0.5) is 5.69 Å². The van der Waals surface area contributed by atoms with Crippen LogP contribution in [0, 0.1) is 10.1 Å². The average molecular weight is 401 g/mol. The van der Waals surface area contributed by atoms with Crippen molar-refractivity contribution in [3.8, 4) is 0 Å². The molecule has 8 heteroatoms. The number of non-ortho nitro benzene ring substituents is 1. The number of nitro benzene ring substituents is 1. The molecular weight excluding hydrogens is 378 g/mol. The Balaban J connectivity index is 1.72. The Kier molecular flexibility index (Phi) is 6.08. The van der Waals surface area contributed by atoms with E-state index in [1.165, 1.54) is 55.9 Å². The number of hydrogen-bond donors (Lipinski definition) is 1. The second-order valence-corrected chi connectivity index (χ2v) is 8.66. The van der Waals surface area contributed by atoms with Crippen molar-refractivity contribution in [2.45, 2.75) is 49.8 Å². The van der Waals surface area contributed by atoms with Gasteiger partial charge in [0.2, 0.25) is 0 Å². The van der Waals surface area contributed by atoms with E-state index in [0.29, 0.717) is 11.6 Å². The molecule has 1 N–H and O–H groups in total. The van der Waals surface area contributed by atoms with Gasteiger partial charge < -0.3 is 0 Å². The molecule has 7 nitrogen and oxygen atoms in total. The normalized spacial score (nSPS) is 16.0. The highest BCUT2D eigenvalue weighted by Gasteiger charge is 2.18. The molecular formula is C20H23N3O4S. The Hall–Kier alpha value is -2.74. The summed E-state index contributed by atoms with van der Waals surface area (Å²) in [7, 11) is -3.99. The van der Waals surface area contributed by atoms with Crippen LogP contribution in [0.2, 0.25) is 0 Å². The summed E-state index contributed by atoms with van der Waals surface area (Å²) in [5.74, 6) is 0.604. The van der Waals surface area contributed by atoms with Gasteiger partial charge in [0, 0.05) is 12.1 Å². The quantitative estimate of drug-likeness (QED) is 0.442. The molecule has 0 aromatic heterocycles. The maximum absolute atomic E-state index is 12.4. The zero-order chi connectivity index (χ0) is 20.1. The first-order valence-electron chi connectivity index (χ1n) is 9.28. The molecule has 0 radical (unpaired) electrons. The number of hydrazone groups is 1. The molecule has 2 aromatic carbocycles. The Labute approximate surface area is 164 Å². The van der Waals surface area contributed by atoms with Crippen LogP contribution in [0.25, 0.3) is 0 Å². The van der Waals surface area contributed by atoms with E-state index in [0.717, 1.165) is 11.6 Å². The molecule has 0 atom stereocenters. The van der Waals surface area contributed by atoms with Crippen LogP contribution in [-0.4, -0.2) is 19.1 Å². The predicted octanol–water partition coefficient (Wildman–Crippen LogP) is 4.35. The third-order valence-corrected chi connectivity index (χ3v) is 6.28. The van der Waals surface area contributed by atoms with Gasteiger partial charge >= 0.3 is 0 Å². The van der Waals surface area contributed by atoms with Crippen LogP contribution in [0.15, 0.2) is 58.5 Å². The summed E-state index contributed by atoms with van der Waals surface area (Å²) < 4.78 is 24.7. The first-order chi connectivity index (χ1) is 13.4. The van der Waals surface area contributed by atoms with Gasteiger partial charge in [-0.25, -0.2) is 0 Å². The van der Waals surface area contributed by atoms with Gasteiger partial charge in [0.15, 0.2) is 0 Å². The smallest absolute Gasteiger partial charge is 0.258 e. The molecule has 0 amide bonds. The molecule has 0 spiro atoms. The number of rotatable bonds is 6. The average Bonchev–Trinajstić information content (AvgIpc) is 2.73. The number of benzene rings is 2. The van der Waals surface area contributed by atoms with Crippen molar-refractivity contribution >= 4 is 21.4 Å². The van der Waals surface area contributed by atoms with Crippen molar-refractivity contribution in [3.63, 3.8) is 0 Å². The van der Waals surface area contributed by atoms with Gasteiger partial charge in [0.1, 0.15) is 0 Å². The van der Waals surface area contributed by atoms with Crippen LogP contribution < -0.4 is 4.83 Å². The zero-order valence-electron chi connectivity index (χ0n) is 15.7. The van der Waals surface area contributed by atoms with Crippen LogP contribution in [0.5, 0.6) is 0 Å². The van der Waals surface area contributed by atoms with Crippen LogP contribution in [0.3, 0.4) is 0 Å². The Bertz CT molecular complexity index is 979. The Morgan fingerprint density at radius 1 is 1.11 bits per heavy atom. The third-order valence-electron chi connectivity index (χ3n) is 5.08. The molecule has 148 valence electrons. The van der Waals surface area contributed by atoms with Gasteiger partial charge in [0.05, 0.1) is 15.5 Å². The fourth-order valence-corrected chi connectivity index (χ4v) is 4.34. The van der Waals surface area contributed by atoms with E-state index in [1.807, 2.05) is 12.1 Å². The number of hydrogen-bond acceptors (Lipinski definition) is 5. The number of nitrogens with one attached hydrogen (secondary N) is 1. The van der Waals surface area contributed by atoms with E-state index in [1.54, 1.807) is 6.92 Å². The zero-order valence-corrected chi connectivity index (χ0v) is 16.5. The minimum atomic E-state index is -3.99. The van der Waals surface area contributed by atoms with E-state index >= 15 is 0 Å². The number of nitro groups is 1. The Morgan fingerprint density at radius 2 is 1.79 bits per heavy atom. The van der Waals surface area contributed by atoms with E-state index in [-0.39, 0.29) is 10.6 Å². The van der Waals surface area contributed by atoms with Crippen molar-refractivity contribution < 1.29 is 13.3 Å². The van der Waals surface area contributed by atoms with Crippen LogP contribution in [-0.2, 0) is 10.0 Å². The maximum Gasteiger partial charge on any atom is 0.276 e. The van der Waals surface area contributed by atoms with Gasteiger partial charge in [-0.3, -0.25) is 10.1 Å². The molecule has 1 saturated carbocycles. The lowest BCUT2D eigenvalue weighted by atomic mass is 9.84. The van der Waals surface area contributed by atoms with E-state index in [4.69, 9.17) is 0 Å². The molecule has 0 heterocycles. The highest BCUT2D eigenvalue weighted by molar-refractivity contribution is 7.89. The summed E-state index contributed by atoms with van der Waals surface area (Å²) in [6, 6.07) is 12.9. The van der Waals surface area contributed by atoms with Gasteiger partial charge in [-0.15, -0.1) is 0 Å².